The number of carbonyl (C=O) groups excluding carboxylic acids is 1. The summed E-state index contributed by atoms with van der Waals surface area (Å²) in [7, 11) is 0. The van der Waals surface area contributed by atoms with Crippen LogP contribution in [-0.2, 0) is 6.42 Å². The van der Waals surface area contributed by atoms with Crippen LogP contribution in [0.2, 0.25) is 0 Å². The summed E-state index contributed by atoms with van der Waals surface area (Å²) in [6.45, 7) is 3.24. The number of likely N-dealkylation sites (tertiary alicyclic amines) is 1. The molecule has 0 aliphatic carbocycles. The minimum Gasteiger partial charge on any atom is -0.324 e. The van der Waals surface area contributed by atoms with Crippen LogP contribution < -0.4 is 0 Å². The SMILES string of the molecule is O=C(N1C=NCC1)N1CCC(Cc2ccccc2)CC1. The van der Waals surface area contributed by atoms with Gasteiger partial charge in [0, 0.05) is 19.6 Å². The zero-order valence-corrected chi connectivity index (χ0v) is 11.7. The Kier molecular flexibility index (Phi) is 4.00. The molecule has 4 nitrogen and oxygen atoms in total. The Hall–Kier alpha value is -1.84. The van der Waals surface area contributed by atoms with E-state index < -0.39 is 0 Å². The van der Waals surface area contributed by atoms with Gasteiger partial charge in [0.05, 0.1) is 12.9 Å². The third-order valence-corrected chi connectivity index (χ3v) is 4.19. The van der Waals surface area contributed by atoms with Crippen LogP contribution in [0.1, 0.15) is 18.4 Å². The Balaban J connectivity index is 1.49. The lowest BCUT2D eigenvalue weighted by Crippen LogP contribution is -2.45. The highest BCUT2D eigenvalue weighted by Gasteiger charge is 2.26. The molecule has 4 heteroatoms. The summed E-state index contributed by atoms with van der Waals surface area (Å²) >= 11 is 0. The monoisotopic (exact) mass is 271 g/mol. The number of hydrogen-bond donors (Lipinski definition) is 0. The zero-order valence-electron chi connectivity index (χ0n) is 11.7. The number of hydrogen-bond acceptors (Lipinski definition) is 2. The molecule has 0 radical (unpaired) electrons. The van der Waals surface area contributed by atoms with E-state index in [9.17, 15) is 4.79 Å². The van der Waals surface area contributed by atoms with Crippen molar-refractivity contribution in [3.05, 3.63) is 35.9 Å². The number of aliphatic imine (C=N–C) groups is 1. The molecule has 2 amide bonds. The van der Waals surface area contributed by atoms with Gasteiger partial charge in [0.25, 0.3) is 0 Å². The molecular weight excluding hydrogens is 250 g/mol. The highest BCUT2D eigenvalue weighted by Crippen LogP contribution is 2.22. The first-order chi connectivity index (χ1) is 9.83. The van der Waals surface area contributed by atoms with E-state index in [2.05, 4.69) is 35.3 Å². The Bertz CT molecular complexity index is 478. The van der Waals surface area contributed by atoms with Crippen molar-refractivity contribution in [2.75, 3.05) is 26.2 Å². The summed E-state index contributed by atoms with van der Waals surface area (Å²) in [6.07, 6.45) is 5.02. The molecule has 2 heterocycles. The molecule has 0 atom stereocenters. The van der Waals surface area contributed by atoms with Crippen molar-refractivity contribution in [3.63, 3.8) is 0 Å². The Labute approximate surface area is 120 Å². The molecule has 0 bridgehead atoms. The largest absolute Gasteiger partial charge is 0.325 e. The first-order valence-electron chi connectivity index (χ1n) is 7.42. The molecule has 2 aliphatic rings. The van der Waals surface area contributed by atoms with Gasteiger partial charge in [-0.1, -0.05) is 30.3 Å². The van der Waals surface area contributed by atoms with Gasteiger partial charge in [-0.15, -0.1) is 0 Å². The molecule has 2 aliphatic heterocycles. The minimum atomic E-state index is 0.129. The van der Waals surface area contributed by atoms with Crippen LogP contribution in [0, 0.1) is 5.92 Å². The zero-order chi connectivity index (χ0) is 13.8. The normalized spacial score (nSPS) is 19.6. The van der Waals surface area contributed by atoms with Crippen LogP contribution in [-0.4, -0.2) is 48.3 Å². The molecular formula is C16H21N3O. The molecule has 1 fully saturated rings. The third-order valence-electron chi connectivity index (χ3n) is 4.19. The van der Waals surface area contributed by atoms with E-state index in [1.54, 1.807) is 11.2 Å². The summed E-state index contributed by atoms with van der Waals surface area (Å²) in [5.41, 5.74) is 1.41. The van der Waals surface area contributed by atoms with Crippen molar-refractivity contribution in [1.29, 1.82) is 0 Å². The van der Waals surface area contributed by atoms with Crippen molar-refractivity contribution in [3.8, 4) is 0 Å². The van der Waals surface area contributed by atoms with E-state index in [0.717, 1.165) is 45.4 Å². The molecule has 106 valence electrons. The predicted octanol–water partition coefficient (Wildman–Crippen LogP) is 2.41. The van der Waals surface area contributed by atoms with Crippen molar-refractivity contribution in [1.82, 2.24) is 9.80 Å². The maximum atomic E-state index is 12.2. The van der Waals surface area contributed by atoms with Crippen LogP contribution in [0.4, 0.5) is 4.79 Å². The van der Waals surface area contributed by atoms with E-state index in [1.165, 1.54) is 5.56 Å². The van der Waals surface area contributed by atoms with E-state index in [-0.39, 0.29) is 6.03 Å². The second kappa shape index (κ2) is 6.07. The summed E-state index contributed by atoms with van der Waals surface area (Å²) in [6, 6.07) is 10.8. The molecule has 0 N–H and O–H groups in total. The quantitative estimate of drug-likeness (QED) is 0.813. The molecule has 1 saturated heterocycles. The molecule has 0 saturated carbocycles. The van der Waals surface area contributed by atoms with Gasteiger partial charge in [0.15, 0.2) is 0 Å². The number of benzene rings is 1. The van der Waals surface area contributed by atoms with E-state index in [1.807, 2.05) is 4.90 Å². The number of piperidine rings is 1. The van der Waals surface area contributed by atoms with Gasteiger partial charge < -0.3 is 4.90 Å². The summed E-state index contributed by atoms with van der Waals surface area (Å²) < 4.78 is 0. The average Bonchev–Trinajstić information content (AvgIpc) is 3.03. The van der Waals surface area contributed by atoms with Crippen LogP contribution in [0.5, 0.6) is 0 Å². The molecule has 0 unspecified atom stereocenters. The Morgan fingerprint density at radius 2 is 1.90 bits per heavy atom. The van der Waals surface area contributed by atoms with E-state index >= 15 is 0 Å². The van der Waals surface area contributed by atoms with Gasteiger partial charge in [-0.05, 0) is 30.7 Å². The lowest BCUT2D eigenvalue weighted by molar-refractivity contribution is 0.154. The van der Waals surface area contributed by atoms with Crippen LogP contribution in [0.25, 0.3) is 0 Å². The van der Waals surface area contributed by atoms with Crippen molar-refractivity contribution in [2.24, 2.45) is 10.9 Å². The first-order valence-corrected chi connectivity index (χ1v) is 7.42. The van der Waals surface area contributed by atoms with Gasteiger partial charge in [0.1, 0.15) is 0 Å². The third kappa shape index (κ3) is 3.00. The number of carbonyl (C=O) groups is 1. The molecule has 3 rings (SSSR count). The number of amides is 2. The number of rotatable bonds is 2. The van der Waals surface area contributed by atoms with Gasteiger partial charge in [-0.2, -0.15) is 0 Å². The maximum absolute atomic E-state index is 12.2. The van der Waals surface area contributed by atoms with Crippen molar-refractivity contribution in [2.45, 2.75) is 19.3 Å². The second-order valence-corrected chi connectivity index (χ2v) is 5.62. The average molecular weight is 271 g/mol. The molecule has 0 aromatic heterocycles. The van der Waals surface area contributed by atoms with Gasteiger partial charge >= 0.3 is 6.03 Å². The van der Waals surface area contributed by atoms with Crippen molar-refractivity contribution < 1.29 is 4.79 Å². The highest BCUT2D eigenvalue weighted by molar-refractivity contribution is 5.87. The molecule has 0 spiro atoms. The fourth-order valence-corrected chi connectivity index (χ4v) is 2.98. The highest BCUT2D eigenvalue weighted by atomic mass is 16.2. The van der Waals surface area contributed by atoms with E-state index in [0.29, 0.717) is 5.92 Å². The number of urea groups is 1. The lowest BCUT2D eigenvalue weighted by Gasteiger charge is -2.33. The second-order valence-electron chi connectivity index (χ2n) is 5.62. The molecule has 1 aromatic carbocycles. The summed E-state index contributed by atoms with van der Waals surface area (Å²) in [5, 5.41) is 0. The maximum Gasteiger partial charge on any atom is 0.325 e. The van der Waals surface area contributed by atoms with E-state index in [4.69, 9.17) is 0 Å². The fraction of sp³-hybridized carbons (Fsp3) is 0.500. The predicted molar refractivity (Wildman–Crippen MR) is 79.9 cm³/mol. The minimum absolute atomic E-state index is 0.129. The smallest absolute Gasteiger partial charge is 0.324 e. The van der Waals surface area contributed by atoms with Crippen molar-refractivity contribution >= 4 is 12.4 Å². The first kappa shape index (κ1) is 13.2. The van der Waals surface area contributed by atoms with Crippen LogP contribution in [0.15, 0.2) is 35.3 Å². The van der Waals surface area contributed by atoms with Gasteiger partial charge in [0.2, 0.25) is 0 Å². The Morgan fingerprint density at radius 3 is 2.55 bits per heavy atom. The molecule has 1 aromatic rings. The number of nitrogens with zero attached hydrogens (tertiary/aromatic N) is 3. The Morgan fingerprint density at radius 1 is 1.15 bits per heavy atom. The fourth-order valence-electron chi connectivity index (χ4n) is 2.98. The molecule has 20 heavy (non-hydrogen) atoms. The van der Waals surface area contributed by atoms with Gasteiger partial charge in [-0.25, -0.2) is 4.79 Å². The lowest BCUT2D eigenvalue weighted by atomic mass is 9.90. The summed E-state index contributed by atoms with van der Waals surface area (Å²) in [4.78, 5) is 20.0. The van der Waals surface area contributed by atoms with Crippen LogP contribution >= 0.6 is 0 Å². The summed E-state index contributed by atoms with van der Waals surface area (Å²) in [5.74, 6) is 0.702. The topological polar surface area (TPSA) is 35.9 Å². The standard InChI is InChI=1S/C16H21N3O/c20-16(19-11-8-17-13-19)18-9-6-15(7-10-18)12-14-4-2-1-3-5-14/h1-5,13,15H,6-12H2. The van der Waals surface area contributed by atoms with Gasteiger partial charge in [-0.3, -0.25) is 9.89 Å². The van der Waals surface area contributed by atoms with Crippen LogP contribution in [0.3, 0.4) is 0 Å².